The molecular formula is C21H23NO5. The van der Waals surface area contributed by atoms with Crippen LogP contribution in [-0.4, -0.2) is 33.0 Å². The molecule has 0 spiro atoms. The van der Waals surface area contributed by atoms with Crippen molar-refractivity contribution >= 4 is 12.0 Å². The second-order valence-electron chi connectivity index (χ2n) is 5.91. The number of methoxy groups -OCH3 is 1. The molecule has 2 aromatic rings. The molecule has 6 heteroatoms. The van der Waals surface area contributed by atoms with Crippen molar-refractivity contribution in [2.75, 3.05) is 27.1 Å². The third-order valence-electron chi connectivity index (χ3n) is 4.06. The minimum atomic E-state index is -0.149. The Balaban J connectivity index is 1.51. The largest absolute Gasteiger partial charge is 0.493 e. The zero-order chi connectivity index (χ0) is 19.1. The smallest absolute Gasteiger partial charge is 0.244 e. The van der Waals surface area contributed by atoms with Gasteiger partial charge in [-0.3, -0.25) is 4.79 Å². The molecule has 6 nitrogen and oxygen atoms in total. The summed E-state index contributed by atoms with van der Waals surface area (Å²) in [6, 6.07) is 11.3. The lowest BCUT2D eigenvalue weighted by Crippen LogP contribution is -2.23. The molecule has 1 aliphatic rings. The van der Waals surface area contributed by atoms with Gasteiger partial charge >= 0.3 is 0 Å². The fourth-order valence-corrected chi connectivity index (χ4v) is 2.72. The molecule has 0 radical (unpaired) electrons. The van der Waals surface area contributed by atoms with E-state index in [0.717, 1.165) is 22.6 Å². The van der Waals surface area contributed by atoms with Crippen LogP contribution in [0.5, 0.6) is 23.0 Å². The Kier molecular flexibility index (Phi) is 6.20. The minimum absolute atomic E-state index is 0.149. The number of benzene rings is 2. The van der Waals surface area contributed by atoms with Crippen molar-refractivity contribution in [1.29, 1.82) is 0 Å². The van der Waals surface area contributed by atoms with Crippen molar-refractivity contribution in [2.24, 2.45) is 0 Å². The van der Waals surface area contributed by atoms with E-state index in [1.54, 1.807) is 13.2 Å². The number of hydrogen-bond acceptors (Lipinski definition) is 5. The van der Waals surface area contributed by atoms with E-state index in [9.17, 15) is 4.79 Å². The first kappa shape index (κ1) is 18.6. The number of hydrogen-bond donors (Lipinski definition) is 1. The highest BCUT2D eigenvalue weighted by molar-refractivity contribution is 5.91. The Morgan fingerprint density at radius 1 is 1.15 bits per heavy atom. The summed E-state index contributed by atoms with van der Waals surface area (Å²) >= 11 is 0. The van der Waals surface area contributed by atoms with Gasteiger partial charge in [-0.05, 0) is 54.8 Å². The third-order valence-corrected chi connectivity index (χ3v) is 4.06. The molecule has 0 aliphatic carbocycles. The Labute approximate surface area is 158 Å². The molecule has 0 saturated heterocycles. The summed E-state index contributed by atoms with van der Waals surface area (Å²) in [5, 5.41) is 2.88. The number of carbonyl (C=O) groups is 1. The maximum atomic E-state index is 12.0. The Morgan fingerprint density at radius 2 is 2.00 bits per heavy atom. The van der Waals surface area contributed by atoms with E-state index in [0.29, 0.717) is 31.1 Å². The molecule has 1 N–H and O–H groups in total. The molecule has 1 aliphatic heterocycles. The summed E-state index contributed by atoms with van der Waals surface area (Å²) in [4.78, 5) is 12.0. The molecule has 0 unspecified atom stereocenters. The van der Waals surface area contributed by atoms with Crippen LogP contribution in [-0.2, 0) is 11.2 Å². The van der Waals surface area contributed by atoms with Gasteiger partial charge < -0.3 is 24.3 Å². The standard InChI is InChI=1S/C21H23NO5/c1-3-25-19-12-15(4-7-17(19)24-2)6-9-21(23)22-11-10-16-5-8-18-20(13-16)27-14-26-18/h4-9,12-13H,3,10-11,14H2,1-2H3,(H,22,23)/b9-6+. The van der Waals surface area contributed by atoms with E-state index >= 15 is 0 Å². The first-order valence-corrected chi connectivity index (χ1v) is 8.85. The van der Waals surface area contributed by atoms with Crippen LogP contribution in [0.4, 0.5) is 0 Å². The molecule has 142 valence electrons. The van der Waals surface area contributed by atoms with Gasteiger partial charge in [-0.1, -0.05) is 12.1 Å². The first-order chi connectivity index (χ1) is 13.2. The highest BCUT2D eigenvalue weighted by Crippen LogP contribution is 2.32. The molecule has 1 amide bonds. The molecule has 0 fully saturated rings. The van der Waals surface area contributed by atoms with E-state index in [4.69, 9.17) is 18.9 Å². The third kappa shape index (κ3) is 4.94. The van der Waals surface area contributed by atoms with Crippen molar-refractivity contribution in [3.05, 3.63) is 53.6 Å². The summed E-state index contributed by atoms with van der Waals surface area (Å²) in [7, 11) is 1.60. The van der Waals surface area contributed by atoms with E-state index < -0.39 is 0 Å². The Morgan fingerprint density at radius 3 is 2.81 bits per heavy atom. The molecule has 2 aromatic carbocycles. The molecule has 0 bridgehead atoms. The number of nitrogens with one attached hydrogen (secondary N) is 1. The molecule has 3 rings (SSSR count). The molecule has 0 atom stereocenters. The van der Waals surface area contributed by atoms with E-state index in [2.05, 4.69) is 5.32 Å². The lowest BCUT2D eigenvalue weighted by atomic mass is 10.1. The highest BCUT2D eigenvalue weighted by atomic mass is 16.7. The predicted octanol–water partition coefficient (Wildman–Crippen LogP) is 3.19. The van der Waals surface area contributed by atoms with Crippen LogP contribution in [0.25, 0.3) is 6.08 Å². The summed E-state index contributed by atoms with van der Waals surface area (Å²) < 4.78 is 21.4. The minimum Gasteiger partial charge on any atom is -0.493 e. The summed E-state index contributed by atoms with van der Waals surface area (Å²) in [6.07, 6.45) is 3.97. The van der Waals surface area contributed by atoms with Crippen molar-refractivity contribution < 1.29 is 23.7 Å². The van der Waals surface area contributed by atoms with Crippen LogP contribution in [0, 0.1) is 0 Å². The summed E-state index contributed by atoms with van der Waals surface area (Å²) in [5.41, 5.74) is 1.95. The van der Waals surface area contributed by atoms with Gasteiger partial charge in [-0.2, -0.15) is 0 Å². The number of fused-ring (bicyclic) bond motifs is 1. The van der Waals surface area contributed by atoms with Crippen LogP contribution in [0.1, 0.15) is 18.1 Å². The van der Waals surface area contributed by atoms with Gasteiger partial charge in [0.1, 0.15) is 0 Å². The van der Waals surface area contributed by atoms with Crippen LogP contribution >= 0.6 is 0 Å². The van der Waals surface area contributed by atoms with Crippen molar-refractivity contribution in [2.45, 2.75) is 13.3 Å². The number of amides is 1. The molecule has 1 heterocycles. The highest BCUT2D eigenvalue weighted by Gasteiger charge is 2.13. The van der Waals surface area contributed by atoms with Gasteiger partial charge in [-0.25, -0.2) is 0 Å². The fraction of sp³-hybridized carbons (Fsp3) is 0.286. The van der Waals surface area contributed by atoms with Gasteiger partial charge in [0, 0.05) is 12.6 Å². The van der Waals surface area contributed by atoms with Crippen LogP contribution < -0.4 is 24.3 Å². The van der Waals surface area contributed by atoms with Crippen LogP contribution in [0.3, 0.4) is 0 Å². The average Bonchev–Trinajstić information content (AvgIpc) is 3.15. The number of ether oxygens (including phenoxy) is 4. The van der Waals surface area contributed by atoms with E-state index in [-0.39, 0.29) is 12.7 Å². The van der Waals surface area contributed by atoms with Crippen LogP contribution in [0.15, 0.2) is 42.5 Å². The van der Waals surface area contributed by atoms with Crippen molar-refractivity contribution in [1.82, 2.24) is 5.32 Å². The fourth-order valence-electron chi connectivity index (χ4n) is 2.72. The Bertz CT molecular complexity index is 831. The van der Waals surface area contributed by atoms with Gasteiger partial charge in [0.2, 0.25) is 12.7 Å². The van der Waals surface area contributed by atoms with Crippen LogP contribution in [0.2, 0.25) is 0 Å². The molecule has 0 aromatic heterocycles. The van der Waals surface area contributed by atoms with Crippen molar-refractivity contribution in [3.8, 4) is 23.0 Å². The normalized spacial score (nSPS) is 12.2. The van der Waals surface area contributed by atoms with Gasteiger partial charge in [0.05, 0.1) is 13.7 Å². The lowest BCUT2D eigenvalue weighted by molar-refractivity contribution is -0.116. The second-order valence-corrected chi connectivity index (χ2v) is 5.91. The van der Waals surface area contributed by atoms with Gasteiger partial charge in [-0.15, -0.1) is 0 Å². The monoisotopic (exact) mass is 369 g/mol. The molecule has 27 heavy (non-hydrogen) atoms. The maximum absolute atomic E-state index is 12.0. The topological polar surface area (TPSA) is 66.0 Å². The molecular weight excluding hydrogens is 346 g/mol. The van der Waals surface area contributed by atoms with Gasteiger partial charge in [0.25, 0.3) is 0 Å². The molecule has 0 saturated carbocycles. The van der Waals surface area contributed by atoms with E-state index in [1.165, 1.54) is 6.08 Å². The number of rotatable bonds is 8. The predicted molar refractivity (Wildman–Crippen MR) is 102 cm³/mol. The maximum Gasteiger partial charge on any atom is 0.244 e. The quantitative estimate of drug-likeness (QED) is 0.724. The average molecular weight is 369 g/mol. The second kappa shape index (κ2) is 8.98. The zero-order valence-electron chi connectivity index (χ0n) is 15.5. The van der Waals surface area contributed by atoms with Crippen molar-refractivity contribution in [3.63, 3.8) is 0 Å². The lowest BCUT2D eigenvalue weighted by Gasteiger charge is -2.09. The van der Waals surface area contributed by atoms with Gasteiger partial charge in [0.15, 0.2) is 23.0 Å². The zero-order valence-corrected chi connectivity index (χ0v) is 15.5. The summed E-state index contributed by atoms with van der Waals surface area (Å²) in [6.45, 7) is 3.26. The Hall–Kier alpha value is -3.15. The SMILES string of the molecule is CCOc1cc(/C=C/C(=O)NCCc2ccc3c(c2)OCO3)ccc1OC. The first-order valence-electron chi connectivity index (χ1n) is 8.85. The summed E-state index contributed by atoms with van der Waals surface area (Å²) in [5.74, 6) is 2.69. The van der Waals surface area contributed by atoms with E-state index in [1.807, 2.05) is 43.3 Å². The number of carbonyl (C=O) groups excluding carboxylic acids is 1.